The van der Waals surface area contributed by atoms with Crippen molar-refractivity contribution in [1.82, 2.24) is 15.1 Å². The average Bonchev–Trinajstić information content (AvgIpc) is 2.74. The molecule has 1 saturated heterocycles. The Labute approximate surface area is 137 Å². The van der Waals surface area contributed by atoms with E-state index in [2.05, 4.69) is 5.32 Å². The Bertz CT molecular complexity index is 571. The Morgan fingerprint density at radius 3 is 2.43 bits per heavy atom. The molecule has 1 aliphatic heterocycles. The van der Waals surface area contributed by atoms with Crippen molar-refractivity contribution in [1.29, 1.82) is 0 Å². The molecule has 0 saturated carbocycles. The standard InChI is InChI=1S/C17H25N3O3/c1-5-12-23-14-8-6-13(7-9-14)17(2)15(21)20(16(22)18-17)11-10-19(3)4/h6-9H,5,10-12H2,1-4H3,(H,18,22). The molecule has 3 amide bonds. The summed E-state index contributed by atoms with van der Waals surface area (Å²) >= 11 is 0. The molecule has 1 aromatic carbocycles. The lowest BCUT2D eigenvalue weighted by Gasteiger charge is -2.23. The molecule has 2 rings (SSSR count). The lowest BCUT2D eigenvalue weighted by Crippen LogP contribution is -2.41. The van der Waals surface area contributed by atoms with Crippen LogP contribution in [0, 0.1) is 0 Å². The molecule has 1 aliphatic rings. The number of carbonyl (C=O) groups excluding carboxylic acids is 2. The third-order valence-electron chi connectivity index (χ3n) is 3.95. The lowest BCUT2D eigenvalue weighted by molar-refractivity contribution is -0.131. The molecule has 0 aromatic heterocycles. The van der Waals surface area contributed by atoms with Crippen LogP contribution in [0.1, 0.15) is 25.8 Å². The predicted molar refractivity (Wildman–Crippen MR) is 88.4 cm³/mol. The maximum Gasteiger partial charge on any atom is 0.325 e. The molecule has 1 aromatic rings. The zero-order valence-corrected chi connectivity index (χ0v) is 14.3. The number of rotatable bonds is 7. The van der Waals surface area contributed by atoms with Gasteiger partial charge in [0, 0.05) is 13.1 Å². The van der Waals surface area contributed by atoms with Gasteiger partial charge in [0.25, 0.3) is 5.91 Å². The van der Waals surface area contributed by atoms with Crippen LogP contribution in [0.25, 0.3) is 0 Å². The van der Waals surface area contributed by atoms with Crippen molar-refractivity contribution in [3.05, 3.63) is 29.8 Å². The normalized spacial score (nSPS) is 21.0. The molecule has 1 heterocycles. The molecule has 0 spiro atoms. The van der Waals surface area contributed by atoms with Crippen LogP contribution < -0.4 is 10.1 Å². The first-order valence-electron chi connectivity index (χ1n) is 7.90. The summed E-state index contributed by atoms with van der Waals surface area (Å²) in [7, 11) is 3.82. The van der Waals surface area contributed by atoms with E-state index in [1.807, 2.05) is 50.2 Å². The number of imide groups is 1. The van der Waals surface area contributed by atoms with Gasteiger partial charge >= 0.3 is 6.03 Å². The first-order chi connectivity index (χ1) is 10.9. The fourth-order valence-corrected chi connectivity index (χ4v) is 2.50. The van der Waals surface area contributed by atoms with Crippen LogP contribution >= 0.6 is 0 Å². The molecule has 23 heavy (non-hydrogen) atoms. The van der Waals surface area contributed by atoms with E-state index in [1.165, 1.54) is 4.90 Å². The second-order valence-electron chi connectivity index (χ2n) is 6.19. The van der Waals surface area contributed by atoms with Gasteiger partial charge in [0.05, 0.1) is 6.61 Å². The number of carbonyl (C=O) groups is 2. The third-order valence-corrected chi connectivity index (χ3v) is 3.95. The second-order valence-corrected chi connectivity index (χ2v) is 6.19. The van der Waals surface area contributed by atoms with E-state index in [1.54, 1.807) is 6.92 Å². The quantitative estimate of drug-likeness (QED) is 0.779. The van der Waals surface area contributed by atoms with Gasteiger partial charge in [-0.05, 0) is 45.1 Å². The SMILES string of the molecule is CCCOc1ccc(C2(C)NC(=O)N(CCN(C)C)C2=O)cc1. The van der Waals surface area contributed by atoms with Crippen molar-refractivity contribution < 1.29 is 14.3 Å². The van der Waals surface area contributed by atoms with Crippen molar-refractivity contribution in [2.75, 3.05) is 33.8 Å². The molecule has 1 unspecified atom stereocenters. The van der Waals surface area contributed by atoms with E-state index >= 15 is 0 Å². The highest BCUT2D eigenvalue weighted by molar-refractivity contribution is 6.07. The lowest BCUT2D eigenvalue weighted by atomic mass is 9.92. The minimum atomic E-state index is -1.02. The van der Waals surface area contributed by atoms with Crippen molar-refractivity contribution in [2.24, 2.45) is 0 Å². The number of hydrogen-bond acceptors (Lipinski definition) is 4. The first kappa shape index (κ1) is 17.3. The second kappa shape index (κ2) is 7.00. The zero-order chi connectivity index (χ0) is 17.0. The van der Waals surface area contributed by atoms with E-state index in [0.29, 0.717) is 19.7 Å². The highest BCUT2D eigenvalue weighted by Gasteiger charge is 2.48. The van der Waals surface area contributed by atoms with Gasteiger partial charge in [-0.1, -0.05) is 19.1 Å². The number of urea groups is 1. The highest BCUT2D eigenvalue weighted by Crippen LogP contribution is 2.29. The van der Waals surface area contributed by atoms with Crippen molar-refractivity contribution in [2.45, 2.75) is 25.8 Å². The third kappa shape index (κ3) is 3.64. The summed E-state index contributed by atoms with van der Waals surface area (Å²) in [5, 5.41) is 2.81. The largest absolute Gasteiger partial charge is 0.494 e. The molecule has 0 bridgehead atoms. The molecule has 1 fully saturated rings. The van der Waals surface area contributed by atoms with Crippen LogP contribution in [0.4, 0.5) is 4.79 Å². The van der Waals surface area contributed by atoms with Crippen molar-refractivity contribution >= 4 is 11.9 Å². The van der Waals surface area contributed by atoms with Crippen molar-refractivity contribution in [3.63, 3.8) is 0 Å². The Balaban J connectivity index is 2.14. The molecule has 1 N–H and O–H groups in total. The van der Waals surface area contributed by atoms with Gasteiger partial charge in [-0.3, -0.25) is 9.69 Å². The van der Waals surface area contributed by atoms with Gasteiger partial charge in [0.15, 0.2) is 0 Å². The fraction of sp³-hybridized carbons (Fsp3) is 0.529. The minimum Gasteiger partial charge on any atom is -0.494 e. The molecule has 6 heteroatoms. The molecular weight excluding hydrogens is 294 g/mol. The zero-order valence-electron chi connectivity index (χ0n) is 14.3. The number of hydrogen-bond donors (Lipinski definition) is 1. The molecule has 0 radical (unpaired) electrons. The van der Waals surface area contributed by atoms with Gasteiger partial charge in [-0.25, -0.2) is 4.79 Å². The summed E-state index contributed by atoms with van der Waals surface area (Å²) in [5.74, 6) is 0.548. The summed E-state index contributed by atoms with van der Waals surface area (Å²) in [5.41, 5.74) is -0.265. The maximum atomic E-state index is 12.7. The number of likely N-dealkylation sites (N-methyl/N-ethyl adjacent to an activating group) is 1. The van der Waals surface area contributed by atoms with E-state index in [-0.39, 0.29) is 11.9 Å². The summed E-state index contributed by atoms with van der Waals surface area (Å²) < 4.78 is 5.55. The number of amides is 3. The number of ether oxygens (including phenoxy) is 1. The van der Waals surface area contributed by atoms with Gasteiger partial charge in [0.1, 0.15) is 11.3 Å². The van der Waals surface area contributed by atoms with E-state index in [4.69, 9.17) is 4.74 Å². The molecule has 6 nitrogen and oxygen atoms in total. The van der Waals surface area contributed by atoms with Crippen LogP contribution in [-0.4, -0.2) is 55.5 Å². The molecule has 0 aliphatic carbocycles. The Kier molecular flexibility index (Phi) is 5.26. The first-order valence-corrected chi connectivity index (χ1v) is 7.90. The molecule has 126 valence electrons. The summed E-state index contributed by atoms with van der Waals surface area (Å²) in [6.45, 7) is 5.46. The van der Waals surface area contributed by atoms with Crippen LogP contribution in [-0.2, 0) is 10.3 Å². The van der Waals surface area contributed by atoms with E-state index in [9.17, 15) is 9.59 Å². The van der Waals surface area contributed by atoms with E-state index < -0.39 is 5.54 Å². The summed E-state index contributed by atoms with van der Waals surface area (Å²) in [6.07, 6.45) is 0.939. The summed E-state index contributed by atoms with van der Waals surface area (Å²) in [6, 6.07) is 6.98. The van der Waals surface area contributed by atoms with E-state index in [0.717, 1.165) is 17.7 Å². The number of nitrogens with one attached hydrogen (secondary N) is 1. The summed E-state index contributed by atoms with van der Waals surface area (Å²) in [4.78, 5) is 28.1. The van der Waals surface area contributed by atoms with Gasteiger partial charge in [0.2, 0.25) is 0 Å². The highest BCUT2D eigenvalue weighted by atomic mass is 16.5. The Hall–Kier alpha value is -2.08. The van der Waals surface area contributed by atoms with Crippen LogP contribution in [0.3, 0.4) is 0 Å². The number of nitrogens with zero attached hydrogens (tertiary/aromatic N) is 2. The van der Waals surface area contributed by atoms with Crippen LogP contribution in [0.2, 0.25) is 0 Å². The Morgan fingerprint density at radius 1 is 1.22 bits per heavy atom. The molecule has 1 atom stereocenters. The monoisotopic (exact) mass is 319 g/mol. The molecular formula is C17H25N3O3. The Morgan fingerprint density at radius 2 is 1.87 bits per heavy atom. The van der Waals surface area contributed by atoms with Gasteiger partial charge in [-0.15, -0.1) is 0 Å². The van der Waals surface area contributed by atoms with Crippen LogP contribution in [0.15, 0.2) is 24.3 Å². The van der Waals surface area contributed by atoms with Gasteiger partial charge < -0.3 is 15.0 Å². The number of benzene rings is 1. The topological polar surface area (TPSA) is 61.9 Å². The smallest absolute Gasteiger partial charge is 0.325 e. The maximum absolute atomic E-state index is 12.7. The minimum absolute atomic E-state index is 0.216. The van der Waals surface area contributed by atoms with Crippen LogP contribution in [0.5, 0.6) is 5.75 Å². The van der Waals surface area contributed by atoms with Gasteiger partial charge in [-0.2, -0.15) is 0 Å². The van der Waals surface area contributed by atoms with Crippen molar-refractivity contribution in [3.8, 4) is 5.75 Å². The predicted octanol–water partition coefficient (Wildman–Crippen LogP) is 1.80. The fourth-order valence-electron chi connectivity index (χ4n) is 2.50. The average molecular weight is 319 g/mol.